The summed E-state index contributed by atoms with van der Waals surface area (Å²) in [5.74, 6) is 0.0534. The molecule has 0 fully saturated rings. The molecule has 0 aliphatic heterocycles. The molecule has 1 amide bonds. The van der Waals surface area contributed by atoms with Gasteiger partial charge in [0.25, 0.3) is 5.91 Å². The first-order valence-electron chi connectivity index (χ1n) is 7.28. The molecule has 23 heavy (non-hydrogen) atoms. The molecule has 0 radical (unpaired) electrons. The third-order valence-corrected chi connectivity index (χ3v) is 5.28. The van der Waals surface area contributed by atoms with Crippen LogP contribution in [0.3, 0.4) is 0 Å². The van der Waals surface area contributed by atoms with Gasteiger partial charge in [-0.3, -0.25) is 4.79 Å². The molecule has 0 unspecified atom stereocenters. The Morgan fingerprint density at radius 1 is 1.17 bits per heavy atom. The number of aromatic nitrogens is 1. The fourth-order valence-electron chi connectivity index (χ4n) is 2.41. The van der Waals surface area contributed by atoms with Crippen molar-refractivity contribution >= 4 is 29.0 Å². The van der Waals surface area contributed by atoms with Crippen LogP contribution in [0.15, 0.2) is 65.1 Å². The predicted octanol–water partition coefficient (Wildman–Crippen LogP) is 4.53. The Labute approximate surface area is 144 Å². The molecule has 0 spiro atoms. The van der Waals surface area contributed by atoms with E-state index in [1.165, 1.54) is 16.2 Å². The van der Waals surface area contributed by atoms with Gasteiger partial charge in [0.1, 0.15) is 4.88 Å². The quantitative estimate of drug-likeness (QED) is 0.636. The number of rotatable bonds is 5. The van der Waals surface area contributed by atoms with E-state index in [0.717, 1.165) is 16.1 Å². The van der Waals surface area contributed by atoms with Gasteiger partial charge in [0.15, 0.2) is 0 Å². The number of amides is 1. The molecule has 0 saturated carbocycles. The Morgan fingerprint density at radius 2 is 1.87 bits per heavy atom. The lowest BCUT2D eigenvalue weighted by Crippen LogP contribution is -2.26. The van der Waals surface area contributed by atoms with E-state index in [1.807, 2.05) is 47.6 Å². The van der Waals surface area contributed by atoms with Gasteiger partial charge in [-0.1, -0.05) is 12.1 Å². The fraction of sp³-hybridized carbons (Fsp3) is 0.167. The van der Waals surface area contributed by atoms with Crippen LogP contribution < -0.4 is 0 Å². The van der Waals surface area contributed by atoms with Gasteiger partial charge in [-0.15, -0.1) is 23.1 Å². The number of carbonyl (C=O) groups excluding carboxylic acids is 1. The van der Waals surface area contributed by atoms with Crippen molar-refractivity contribution in [2.45, 2.75) is 11.4 Å². The third kappa shape index (κ3) is 3.51. The molecule has 3 nitrogen and oxygen atoms in total. The molecule has 118 valence electrons. The number of thiophene rings is 1. The lowest BCUT2D eigenvalue weighted by molar-refractivity contribution is 0.0790. The van der Waals surface area contributed by atoms with Gasteiger partial charge >= 0.3 is 0 Å². The Hall–Kier alpha value is -1.98. The number of carbonyl (C=O) groups is 1. The monoisotopic (exact) mass is 342 g/mol. The predicted molar refractivity (Wildman–Crippen MR) is 97.7 cm³/mol. The van der Waals surface area contributed by atoms with Crippen molar-refractivity contribution in [1.29, 1.82) is 0 Å². The standard InChI is InChI=1S/C18H18N2OS2/c1-19(13-14-5-7-15(22-2)8-6-14)18(21)17-16(9-12-23-17)20-10-3-4-11-20/h3-12H,13H2,1-2H3. The zero-order valence-electron chi connectivity index (χ0n) is 13.1. The summed E-state index contributed by atoms with van der Waals surface area (Å²) >= 11 is 3.20. The summed E-state index contributed by atoms with van der Waals surface area (Å²) in [5, 5.41) is 1.96. The highest BCUT2D eigenvalue weighted by Gasteiger charge is 2.18. The smallest absolute Gasteiger partial charge is 0.266 e. The summed E-state index contributed by atoms with van der Waals surface area (Å²) in [6.07, 6.45) is 5.98. The molecule has 3 aromatic rings. The highest BCUT2D eigenvalue weighted by atomic mass is 32.2. The minimum Gasteiger partial charge on any atom is -0.337 e. The zero-order chi connectivity index (χ0) is 16.2. The Kier molecular flexibility index (Phi) is 4.88. The first-order chi connectivity index (χ1) is 11.2. The average Bonchev–Trinajstić information content (AvgIpc) is 3.25. The summed E-state index contributed by atoms with van der Waals surface area (Å²) in [6.45, 7) is 0.608. The molecule has 0 N–H and O–H groups in total. The molecule has 0 aliphatic carbocycles. The number of hydrogen-bond acceptors (Lipinski definition) is 3. The maximum atomic E-state index is 12.8. The van der Waals surface area contributed by atoms with Crippen LogP contribution in [0.4, 0.5) is 0 Å². The van der Waals surface area contributed by atoms with E-state index in [0.29, 0.717) is 6.54 Å². The highest BCUT2D eigenvalue weighted by Crippen LogP contribution is 2.23. The van der Waals surface area contributed by atoms with Crippen LogP contribution in [0.25, 0.3) is 5.69 Å². The van der Waals surface area contributed by atoms with Crippen LogP contribution in [-0.4, -0.2) is 28.7 Å². The van der Waals surface area contributed by atoms with E-state index < -0.39 is 0 Å². The van der Waals surface area contributed by atoms with Crippen LogP contribution in [0.2, 0.25) is 0 Å². The SMILES string of the molecule is CSc1ccc(CN(C)C(=O)c2sccc2-n2cccc2)cc1. The number of hydrogen-bond donors (Lipinski definition) is 0. The van der Waals surface area contributed by atoms with Crippen molar-refractivity contribution in [2.75, 3.05) is 13.3 Å². The molecule has 1 aromatic carbocycles. The molecule has 0 atom stereocenters. The molecular formula is C18H18N2OS2. The molecule has 5 heteroatoms. The molecule has 2 heterocycles. The van der Waals surface area contributed by atoms with Gasteiger partial charge in [-0.25, -0.2) is 0 Å². The third-order valence-electron chi connectivity index (χ3n) is 3.65. The normalized spacial score (nSPS) is 10.7. The van der Waals surface area contributed by atoms with E-state index in [-0.39, 0.29) is 5.91 Å². The van der Waals surface area contributed by atoms with Gasteiger partial charge in [0.2, 0.25) is 0 Å². The van der Waals surface area contributed by atoms with Gasteiger partial charge < -0.3 is 9.47 Å². The van der Waals surface area contributed by atoms with Crippen LogP contribution in [0, 0.1) is 0 Å². The minimum absolute atomic E-state index is 0.0534. The van der Waals surface area contributed by atoms with E-state index >= 15 is 0 Å². The zero-order valence-corrected chi connectivity index (χ0v) is 14.7. The second kappa shape index (κ2) is 7.06. The molecular weight excluding hydrogens is 324 g/mol. The van der Waals surface area contributed by atoms with E-state index in [2.05, 4.69) is 30.5 Å². The van der Waals surface area contributed by atoms with Crippen LogP contribution in [-0.2, 0) is 6.54 Å². The molecule has 2 aromatic heterocycles. The van der Waals surface area contributed by atoms with Crippen molar-refractivity contribution < 1.29 is 4.79 Å². The van der Waals surface area contributed by atoms with Crippen LogP contribution in [0.1, 0.15) is 15.2 Å². The van der Waals surface area contributed by atoms with Crippen molar-refractivity contribution in [3.05, 3.63) is 70.7 Å². The minimum atomic E-state index is 0.0534. The van der Waals surface area contributed by atoms with Crippen LogP contribution >= 0.6 is 23.1 Å². The summed E-state index contributed by atoms with van der Waals surface area (Å²) in [6, 6.07) is 14.3. The topological polar surface area (TPSA) is 25.2 Å². The second-order valence-corrected chi connectivity index (χ2v) is 7.03. The highest BCUT2D eigenvalue weighted by molar-refractivity contribution is 7.98. The van der Waals surface area contributed by atoms with Gasteiger partial charge in [-0.05, 0) is 47.5 Å². The lowest BCUT2D eigenvalue weighted by Gasteiger charge is -2.17. The number of thioether (sulfide) groups is 1. The Bertz CT molecular complexity index is 776. The summed E-state index contributed by atoms with van der Waals surface area (Å²) in [4.78, 5) is 16.5. The second-order valence-electron chi connectivity index (χ2n) is 5.23. The lowest BCUT2D eigenvalue weighted by atomic mass is 10.2. The van der Waals surface area contributed by atoms with Crippen molar-refractivity contribution in [1.82, 2.24) is 9.47 Å². The van der Waals surface area contributed by atoms with Gasteiger partial charge in [-0.2, -0.15) is 0 Å². The molecule has 0 bridgehead atoms. The molecule has 0 saturated heterocycles. The summed E-state index contributed by atoms with van der Waals surface area (Å²) in [5.41, 5.74) is 2.08. The Balaban J connectivity index is 1.76. The van der Waals surface area contributed by atoms with E-state index in [9.17, 15) is 4.79 Å². The van der Waals surface area contributed by atoms with E-state index in [4.69, 9.17) is 0 Å². The summed E-state index contributed by atoms with van der Waals surface area (Å²) < 4.78 is 1.98. The first kappa shape index (κ1) is 15.9. The van der Waals surface area contributed by atoms with Crippen molar-refractivity contribution in [2.24, 2.45) is 0 Å². The van der Waals surface area contributed by atoms with Crippen LogP contribution in [0.5, 0.6) is 0 Å². The maximum Gasteiger partial charge on any atom is 0.266 e. The number of benzene rings is 1. The van der Waals surface area contributed by atoms with Crippen molar-refractivity contribution in [3.63, 3.8) is 0 Å². The molecule has 0 aliphatic rings. The van der Waals surface area contributed by atoms with Gasteiger partial charge in [0.05, 0.1) is 5.69 Å². The number of nitrogens with zero attached hydrogens (tertiary/aromatic N) is 2. The average molecular weight is 342 g/mol. The first-order valence-corrected chi connectivity index (χ1v) is 9.38. The maximum absolute atomic E-state index is 12.8. The Morgan fingerprint density at radius 3 is 2.52 bits per heavy atom. The largest absolute Gasteiger partial charge is 0.337 e. The summed E-state index contributed by atoms with van der Waals surface area (Å²) in [7, 11) is 1.85. The molecule has 3 rings (SSSR count). The fourth-order valence-corrected chi connectivity index (χ4v) is 3.70. The van der Waals surface area contributed by atoms with E-state index in [1.54, 1.807) is 16.7 Å². The van der Waals surface area contributed by atoms with Crippen molar-refractivity contribution in [3.8, 4) is 5.69 Å². The van der Waals surface area contributed by atoms with Gasteiger partial charge in [0, 0.05) is 30.9 Å².